The first kappa shape index (κ1) is 50.0. The Morgan fingerprint density at radius 1 is 0.514 bits per heavy atom. The summed E-state index contributed by atoms with van der Waals surface area (Å²) in [6.07, 6.45) is 33.3. The van der Waals surface area contributed by atoms with Crippen LogP contribution < -0.4 is 0 Å². The van der Waals surface area contributed by atoms with E-state index in [0.29, 0.717) is 10.8 Å². The molecule has 10 saturated carbocycles. The Morgan fingerprint density at radius 2 is 0.857 bits per heavy atom. The molecule has 0 unspecified atom stereocenters. The molecule has 0 heterocycles. The molecule has 0 aliphatic heterocycles. The normalized spacial score (nSPS) is 29.4. The Balaban J connectivity index is 0.000000133. The second-order valence-electron chi connectivity index (χ2n) is 24.8. The summed E-state index contributed by atoms with van der Waals surface area (Å²) in [4.78, 5) is 0. The summed E-state index contributed by atoms with van der Waals surface area (Å²) in [5.74, 6) is 7.93. The van der Waals surface area contributed by atoms with E-state index in [1.54, 1.807) is 22.3 Å². The predicted molar refractivity (Wildman–Crippen MR) is 299 cm³/mol. The van der Waals surface area contributed by atoms with E-state index in [1.807, 2.05) is 0 Å². The molecule has 0 saturated heterocycles. The van der Waals surface area contributed by atoms with Crippen molar-refractivity contribution >= 4 is 48.1 Å². The van der Waals surface area contributed by atoms with E-state index < -0.39 is 20.8 Å². The number of hydrogen-bond acceptors (Lipinski definition) is 0. The van der Waals surface area contributed by atoms with Crippen LogP contribution in [-0.2, 0) is 44.5 Å². The molecule has 10 aliphatic rings. The first-order chi connectivity index (χ1) is 34.3. The summed E-state index contributed by atoms with van der Waals surface area (Å²) >= 11 is -0.826. The molecule has 10 fully saturated rings. The Hall–Kier alpha value is -2.22. The first-order valence-corrected chi connectivity index (χ1v) is 36.5. The zero-order valence-corrected chi connectivity index (χ0v) is 47.7. The van der Waals surface area contributed by atoms with Crippen LogP contribution in [0.4, 0.5) is 0 Å². The van der Waals surface area contributed by atoms with Crippen molar-refractivity contribution in [2.24, 2.45) is 47.3 Å². The van der Waals surface area contributed by atoms with Crippen LogP contribution in [0.1, 0.15) is 164 Å². The third-order valence-corrected chi connectivity index (χ3v) is 20.8. The standard InChI is InChI=1S/2C31H35.C4H10Si.2ClH.Zr/c2*1-2-5-21(4-1)12-22-16-27-6-3-7-29(30(27)17-22)26-8-10-28(11-9-26)31-18-23-13-24(19-31)15-25(14-23)20-31;1-3-4-5-2;;;/h2*3,6-11,16-17,21,23-25H,1-2,4-5,12-15,18-20H2;3-4H2,1-2H3;2*1H;/q2*-1;;;;+4/p-2. The first-order valence-electron chi connectivity index (χ1n) is 28.5. The maximum Gasteiger partial charge on any atom is -0.00391 e. The molecule has 0 atom stereocenters. The average Bonchev–Trinajstić information content (AvgIpc) is 4.21. The van der Waals surface area contributed by atoms with Crippen LogP contribution >= 0.6 is 17.0 Å². The minimum absolute atomic E-state index is 0.508. The van der Waals surface area contributed by atoms with Gasteiger partial charge in [-0.3, -0.25) is 0 Å². The summed E-state index contributed by atoms with van der Waals surface area (Å²) < 4.78 is 0. The number of halogens is 2. The summed E-state index contributed by atoms with van der Waals surface area (Å²) in [6, 6.07) is 44.9. The third kappa shape index (κ3) is 10.8. The van der Waals surface area contributed by atoms with Gasteiger partial charge < -0.3 is 0 Å². The van der Waals surface area contributed by atoms with Crippen molar-refractivity contribution in [1.82, 2.24) is 0 Å². The Kier molecular flexibility index (Phi) is 15.9. The molecule has 16 rings (SSSR count). The van der Waals surface area contributed by atoms with Gasteiger partial charge in [-0.25, -0.2) is 0 Å². The molecule has 0 N–H and O–H groups in total. The van der Waals surface area contributed by atoms with Crippen molar-refractivity contribution in [3.05, 3.63) is 131 Å². The van der Waals surface area contributed by atoms with Crippen LogP contribution in [0.2, 0.25) is 12.6 Å². The van der Waals surface area contributed by atoms with Gasteiger partial charge in [-0.15, -0.1) is 69.1 Å². The Morgan fingerprint density at radius 3 is 1.16 bits per heavy atom. The minimum Gasteiger partial charge on any atom is -0.164 e. The van der Waals surface area contributed by atoms with Gasteiger partial charge >= 0.3 is 37.9 Å². The van der Waals surface area contributed by atoms with E-state index in [-0.39, 0.29) is 0 Å². The van der Waals surface area contributed by atoms with Gasteiger partial charge in [-0.05, 0) is 170 Å². The molecule has 4 heteroatoms. The van der Waals surface area contributed by atoms with Gasteiger partial charge in [0.2, 0.25) is 0 Å². The van der Waals surface area contributed by atoms with Crippen molar-refractivity contribution < 1.29 is 20.8 Å². The maximum absolute atomic E-state index is 4.93. The molecule has 6 aromatic carbocycles. The van der Waals surface area contributed by atoms with Gasteiger partial charge in [0.05, 0.1) is 0 Å². The Labute approximate surface area is 444 Å². The molecular weight excluding hydrogens is 983 g/mol. The summed E-state index contributed by atoms with van der Waals surface area (Å²) in [6.45, 7) is 4.46. The fourth-order valence-electron chi connectivity index (χ4n) is 17.6. The number of hydrogen-bond donors (Lipinski definition) is 0. The fourth-order valence-corrected chi connectivity index (χ4v) is 18.1. The van der Waals surface area contributed by atoms with Crippen molar-refractivity contribution in [3.63, 3.8) is 0 Å². The number of benzene rings is 4. The Bertz CT molecular complexity index is 2380. The monoisotopic (exact) mass is 1060 g/mol. The van der Waals surface area contributed by atoms with Crippen LogP contribution in [-0.4, -0.2) is 9.52 Å². The zero-order valence-electron chi connectivity index (χ0n) is 42.7. The van der Waals surface area contributed by atoms with Gasteiger partial charge in [0, 0.05) is 9.52 Å². The van der Waals surface area contributed by atoms with E-state index in [9.17, 15) is 0 Å². The van der Waals surface area contributed by atoms with Crippen LogP contribution in [0.15, 0.2) is 109 Å². The average molecular weight is 1060 g/mol. The van der Waals surface area contributed by atoms with Crippen molar-refractivity contribution in [2.45, 2.75) is 178 Å². The number of fused-ring (bicyclic) bond motifs is 2. The van der Waals surface area contributed by atoms with E-state index in [1.165, 1.54) is 198 Å². The molecule has 6 aromatic rings. The summed E-state index contributed by atoms with van der Waals surface area (Å²) in [5.41, 5.74) is 13.1. The molecule has 10 aliphatic carbocycles. The van der Waals surface area contributed by atoms with Gasteiger partial charge in [0.15, 0.2) is 0 Å². The van der Waals surface area contributed by atoms with Gasteiger partial charge in [0.1, 0.15) is 0 Å². The molecule has 0 spiro atoms. The van der Waals surface area contributed by atoms with Gasteiger partial charge in [0.25, 0.3) is 0 Å². The second kappa shape index (κ2) is 22.3. The van der Waals surface area contributed by atoms with E-state index in [2.05, 4.69) is 123 Å². The van der Waals surface area contributed by atoms with E-state index in [0.717, 1.165) is 56.9 Å². The van der Waals surface area contributed by atoms with Crippen molar-refractivity contribution in [1.29, 1.82) is 0 Å². The van der Waals surface area contributed by atoms with Crippen LogP contribution in [0, 0.1) is 47.3 Å². The smallest absolute Gasteiger partial charge is 0.00391 e. The van der Waals surface area contributed by atoms with Gasteiger partial charge in [-0.2, -0.15) is 12.1 Å². The second-order valence-corrected chi connectivity index (χ2v) is 29.7. The molecule has 0 amide bonds. The molecule has 2 radical (unpaired) electrons. The molecule has 366 valence electrons. The topological polar surface area (TPSA) is 0 Å². The summed E-state index contributed by atoms with van der Waals surface area (Å²) in [7, 11) is 11.0. The molecule has 8 bridgehead atoms. The maximum atomic E-state index is 4.93. The third-order valence-electron chi connectivity index (χ3n) is 19.8. The van der Waals surface area contributed by atoms with Crippen LogP contribution in [0.5, 0.6) is 0 Å². The quantitative estimate of drug-likeness (QED) is 0.0947. The van der Waals surface area contributed by atoms with Crippen molar-refractivity contribution in [3.8, 4) is 22.3 Å². The SMILES string of the molecule is CCC[Si]C.[Cl][Zr+2][Cl].c1cc(-c2ccc(C34CC5CC(CC(C5)C3)C4)cc2)c2cc(CC3CCCC3)[cH-]c2c1.c1cc(-c2ccc(C34CC5CC(CC(C5)C3)C4)cc2)c2cc(CC3CCCC3)[cH-]c2c1. The van der Waals surface area contributed by atoms with Crippen molar-refractivity contribution in [2.75, 3.05) is 0 Å². The van der Waals surface area contributed by atoms with Crippen LogP contribution in [0.25, 0.3) is 43.8 Å². The zero-order chi connectivity index (χ0) is 47.7. The molecule has 0 nitrogen and oxygen atoms in total. The fraction of sp³-hybridized carbons (Fsp3) is 0.545. The predicted octanol–water partition coefficient (Wildman–Crippen LogP) is 19.8. The number of rotatable bonds is 10. The summed E-state index contributed by atoms with van der Waals surface area (Å²) in [5, 5.41) is 5.77. The molecule has 0 aromatic heterocycles. The van der Waals surface area contributed by atoms with E-state index in [4.69, 9.17) is 17.0 Å². The molecule has 70 heavy (non-hydrogen) atoms. The van der Waals surface area contributed by atoms with Crippen LogP contribution in [0.3, 0.4) is 0 Å². The minimum atomic E-state index is -0.826. The largest absolute Gasteiger partial charge is 0.164 e. The molecular formula is C66H80Cl2SiZr. The van der Waals surface area contributed by atoms with E-state index >= 15 is 0 Å². The van der Waals surface area contributed by atoms with Gasteiger partial charge in [-0.1, -0.05) is 149 Å².